The molecule has 0 spiro atoms. The molecular formula is C12H17ClFN3. The summed E-state index contributed by atoms with van der Waals surface area (Å²) in [5, 5.41) is 0. The quantitative estimate of drug-likeness (QED) is 0.780. The van der Waals surface area contributed by atoms with Crippen molar-refractivity contribution >= 4 is 17.4 Å². The van der Waals surface area contributed by atoms with Gasteiger partial charge in [-0.15, -0.1) is 11.6 Å². The van der Waals surface area contributed by atoms with Gasteiger partial charge in [-0.2, -0.15) is 0 Å². The summed E-state index contributed by atoms with van der Waals surface area (Å²) in [6.07, 6.45) is 4.06. The van der Waals surface area contributed by atoms with Gasteiger partial charge in [0.1, 0.15) is 6.33 Å². The molecule has 17 heavy (non-hydrogen) atoms. The monoisotopic (exact) mass is 257 g/mol. The van der Waals surface area contributed by atoms with Gasteiger partial charge in [-0.1, -0.05) is 6.92 Å². The minimum absolute atomic E-state index is 0.265. The molecule has 3 nitrogen and oxygen atoms in total. The average Bonchev–Trinajstić information content (AvgIpc) is 2.39. The van der Waals surface area contributed by atoms with E-state index in [1.807, 2.05) is 11.8 Å². The number of nitrogens with zero attached hydrogens (tertiary/aromatic N) is 3. The SMILES string of the molecule is CCc1ncnc(N2CCC(CCl)CC2)c1F. The Morgan fingerprint density at radius 3 is 2.71 bits per heavy atom. The standard InChI is InChI=1S/C12H17ClFN3/c1-2-10-11(14)12(16-8-15-10)17-5-3-9(7-13)4-6-17/h8-9H,2-7H2,1H3. The number of piperidine rings is 1. The van der Waals surface area contributed by atoms with Gasteiger partial charge in [0.25, 0.3) is 0 Å². The van der Waals surface area contributed by atoms with Gasteiger partial charge in [0.15, 0.2) is 11.6 Å². The van der Waals surface area contributed by atoms with Crippen LogP contribution in [0.25, 0.3) is 0 Å². The number of halogens is 2. The zero-order chi connectivity index (χ0) is 12.3. The second-order valence-corrected chi connectivity index (χ2v) is 4.70. The Morgan fingerprint density at radius 1 is 1.41 bits per heavy atom. The number of anilines is 1. The van der Waals surface area contributed by atoms with Gasteiger partial charge in [0.05, 0.1) is 5.69 Å². The fourth-order valence-electron chi connectivity index (χ4n) is 2.16. The third-order valence-corrected chi connectivity index (χ3v) is 3.75. The summed E-state index contributed by atoms with van der Waals surface area (Å²) < 4.78 is 14.0. The van der Waals surface area contributed by atoms with Crippen LogP contribution < -0.4 is 4.90 Å². The van der Waals surface area contributed by atoms with Crippen LogP contribution in [-0.2, 0) is 6.42 Å². The molecular weight excluding hydrogens is 241 g/mol. The molecule has 1 aromatic heterocycles. The molecule has 2 heterocycles. The molecule has 1 aliphatic rings. The highest BCUT2D eigenvalue weighted by Gasteiger charge is 2.22. The number of alkyl halides is 1. The number of hydrogen-bond donors (Lipinski definition) is 0. The van der Waals surface area contributed by atoms with Crippen molar-refractivity contribution in [2.24, 2.45) is 5.92 Å². The van der Waals surface area contributed by atoms with E-state index < -0.39 is 0 Å². The van der Waals surface area contributed by atoms with E-state index >= 15 is 0 Å². The maximum Gasteiger partial charge on any atom is 0.187 e. The molecule has 1 fully saturated rings. The zero-order valence-electron chi connectivity index (χ0n) is 9.99. The van der Waals surface area contributed by atoms with E-state index in [0.29, 0.717) is 29.7 Å². The molecule has 94 valence electrons. The predicted molar refractivity (Wildman–Crippen MR) is 67.0 cm³/mol. The molecule has 0 unspecified atom stereocenters. The van der Waals surface area contributed by atoms with E-state index in [1.165, 1.54) is 6.33 Å². The summed E-state index contributed by atoms with van der Waals surface area (Å²) >= 11 is 5.83. The van der Waals surface area contributed by atoms with E-state index in [-0.39, 0.29) is 5.82 Å². The van der Waals surface area contributed by atoms with Gasteiger partial charge >= 0.3 is 0 Å². The van der Waals surface area contributed by atoms with Gasteiger partial charge in [-0.25, -0.2) is 14.4 Å². The van der Waals surface area contributed by atoms with E-state index in [1.54, 1.807) is 0 Å². The van der Waals surface area contributed by atoms with Gasteiger partial charge in [0, 0.05) is 19.0 Å². The number of aromatic nitrogens is 2. The van der Waals surface area contributed by atoms with Gasteiger partial charge < -0.3 is 4.90 Å². The molecule has 0 N–H and O–H groups in total. The highest BCUT2D eigenvalue weighted by atomic mass is 35.5. The van der Waals surface area contributed by atoms with Gasteiger partial charge in [0.2, 0.25) is 0 Å². The van der Waals surface area contributed by atoms with Crippen LogP contribution in [0.3, 0.4) is 0 Å². The lowest BCUT2D eigenvalue weighted by Gasteiger charge is -2.32. The first-order chi connectivity index (χ1) is 8.26. The molecule has 0 atom stereocenters. The summed E-state index contributed by atoms with van der Waals surface area (Å²) in [4.78, 5) is 10.0. The van der Waals surface area contributed by atoms with Crippen LogP contribution in [-0.4, -0.2) is 28.9 Å². The molecule has 0 aliphatic carbocycles. The summed E-state index contributed by atoms with van der Waals surface area (Å²) in [6, 6.07) is 0. The van der Waals surface area contributed by atoms with Crippen molar-refractivity contribution in [3.63, 3.8) is 0 Å². The molecule has 1 saturated heterocycles. The number of rotatable bonds is 3. The predicted octanol–water partition coefficient (Wildman–Crippen LogP) is 2.63. The van der Waals surface area contributed by atoms with Crippen LogP contribution in [0.5, 0.6) is 0 Å². The smallest absolute Gasteiger partial charge is 0.187 e. The van der Waals surface area contributed by atoms with Crippen molar-refractivity contribution < 1.29 is 4.39 Å². The molecule has 0 saturated carbocycles. The molecule has 0 amide bonds. The summed E-state index contributed by atoms with van der Waals surface area (Å²) in [6.45, 7) is 3.55. The van der Waals surface area contributed by atoms with Crippen LogP contribution >= 0.6 is 11.6 Å². The molecule has 0 radical (unpaired) electrons. The van der Waals surface area contributed by atoms with Crippen LogP contribution in [0.1, 0.15) is 25.5 Å². The van der Waals surface area contributed by atoms with Crippen molar-refractivity contribution in [3.05, 3.63) is 17.8 Å². The molecule has 0 bridgehead atoms. The first kappa shape index (κ1) is 12.6. The van der Waals surface area contributed by atoms with Crippen molar-refractivity contribution in [1.82, 2.24) is 9.97 Å². The molecule has 5 heteroatoms. The maximum atomic E-state index is 14.0. The van der Waals surface area contributed by atoms with Crippen molar-refractivity contribution in [2.75, 3.05) is 23.9 Å². The van der Waals surface area contributed by atoms with Crippen molar-refractivity contribution in [3.8, 4) is 0 Å². The lowest BCUT2D eigenvalue weighted by molar-refractivity contribution is 0.435. The first-order valence-electron chi connectivity index (χ1n) is 6.06. The van der Waals surface area contributed by atoms with Gasteiger partial charge in [-0.05, 0) is 25.2 Å². The van der Waals surface area contributed by atoms with Gasteiger partial charge in [-0.3, -0.25) is 0 Å². The summed E-state index contributed by atoms with van der Waals surface area (Å²) in [5.74, 6) is 1.44. The normalized spacial score (nSPS) is 17.5. The Morgan fingerprint density at radius 2 is 2.12 bits per heavy atom. The zero-order valence-corrected chi connectivity index (χ0v) is 10.8. The van der Waals surface area contributed by atoms with E-state index in [2.05, 4.69) is 9.97 Å². The maximum absolute atomic E-state index is 14.0. The first-order valence-corrected chi connectivity index (χ1v) is 6.60. The number of hydrogen-bond acceptors (Lipinski definition) is 3. The highest BCUT2D eigenvalue weighted by Crippen LogP contribution is 2.25. The second-order valence-electron chi connectivity index (χ2n) is 4.40. The number of aryl methyl sites for hydroxylation is 1. The van der Waals surface area contributed by atoms with E-state index in [0.717, 1.165) is 25.9 Å². The van der Waals surface area contributed by atoms with Crippen LogP contribution in [0.4, 0.5) is 10.2 Å². The third-order valence-electron chi connectivity index (χ3n) is 3.31. The minimum Gasteiger partial charge on any atom is -0.354 e. The van der Waals surface area contributed by atoms with E-state index in [9.17, 15) is 4.39 Å². The Balaban J connectivity index is 2.13. The Kier molecular flexibility index (Phi) is 4.15. The average molecular weight is 258 g/mol. The summed E-state index contributed by atoms with van der Waals surface area (Å²) in [5.41, 5.74) is 0.495. The lowest BCUT2D eigenvalue weighted by atomic mass is 9.99. The Labute approximate surface area is 106 Å². The Bertz CT molecular complexity index is 378. The largest absolute Gasteiger partial charge is 0.354 e. The van der Waals surface area contributed by atoms with E-state index in [4.69, 9.17) is 11.6 Å². The molecule has 1 aromatic rings. The Hall–Kier alpha value is -0.900. The minimum atomic E-state index is -0.265. The van der Waals surface area contributed by atoms with Crippen LogP contribution in [0, 0.1) is 11.7 Å². The van der Waals surface area contributed by atoms with Crippen LogP contribution in [0.15, 0.2) is 6.33 Å². The fraction of sp³-hybridized carbons (Fsp3) is 0.667. The molecule has 2 rings (SSSR count). The fourth-order valence-corrected chi connectivity index (χ4v) is 2.47. The molecule has 1 aliphatic heterocycles. The molecule has 0 aromatic carbocycles. The van der Waals surface area contributed by atoms with Crippen LogP contribution in [0.2, 0.25) is 0 Å². The highest BCUT2D eigenvalue weighted by molar-refractivity contribution is 6.18. The van der Waals surface area contributed by atoms with Crippen molar-refractivity contribution in [1.29, 1.82) is 0 Å². The summed E-state index contributed by atoms with van der Waals surface area (Å²) in [7, 11) is 0. The second kappa shape index (κ2) is 5.63. The third kappa shape index (κ3) is 2.68. The van der Waals surface area contributed by atoms with Crippen molar-refractivity contribution in [2.45, 2.75) is 26.2 Å². The lowest BCUT2D eigenvalue weighted by Crippen LogP contribution is -2.35. The topological polar surface area (TPSA) is 29.0 Å².